The Balaban J connectivity index is 1.68. The third-order valence-corrected chi connectivity index (χ3v) is 5.64. The fraction of sp³-hybridized carbons (Fsp3) is 0.850. The van der Waals surface area contributed by atoms with E-state index in [9.17, 15) is 18.7 Å². The van der Waals surface area contributed by atoms with Crippen LogP contribution in [-0.2, 0) is 19.0 Å². The van der Waals surface area contributed by atoms with Gasteiger partial charge in [-0.2, -0.15) is 0 Å². The second kappa shape index (κ2) is 8.53. The van der Waals surface area contributed by atoms with Crippen molar-refractivity contribution >= 4 is 5.97 Å². The summed E-state index contributed by atoms with van der Waals surface area (Å²) in [4.78, 5) is 11.6. The van der Waals surface area contributed by atoms with E-state index >= 15 is 0 Å². The lowest BCUT2D eigenvalue weighted by atomic mass is 9.90. The van der Waals surface area contributed by atoms with Crippen LogP contribution in [0, 0.1) is 17.8 Å². The molecular formula is C20H30F2O5. The number of hydrogen-bond donors (Lipinski definition) is 1. The lowest BCUT2D eigenvalue weighted by Crippen LogP contribution is -2.34. The molecule has 0 amide bonds. The third kappa shape index (κ3) is 5.06. The SMILES string of the molecule is CC(C)CC(F)(F)C(O)/C=C/[C@@H]1[C@H]2CC(=O)O[C@H]2C[C@H]1OC1CCCCO1. The summed E-state index contributed by atoms with van der Waals surface area (Å²) in [6.45, 7) is 4.04. The molecule has 1 N–H and O–H groups in total. The zero-order valence-corrected chi connectivity index (χ0v) is 16.0. The summed E-state index contributed by atoms with van der Waals surface area (Å²) in [6.07, 6.45) is 3.32. The zero-order chi connectivity index (χ0) is 19.6. The highest BCUT2D eigenvalue weighted by atomic mass is 19.3. The number of carbonyl (C=O) groups is 1. The van der Waals surface area contributed by atoms with Crippen molar-refractivity contribution in [1.29, 1.82) is 0 Å². The lowest BCUT2D eigenvalue weighted by molar-refractivity contribution is -0.194. The largest absolute Gasteiger partial charge is 0.462 e. The van der Waals surface area contributed by atoms with E-state index in [-0.39, 0.29) is 55.1 Å². The Morgan fingerprint density at radius 3 is 2.81 bits per heavy atom. The molecule has 27 heavy (non-hydrogen) atoms. The Bertz CT molecular complexity index is 544. The minimum absolute atomic E-state index is 0.103. The second-order valence-corrected chi connectivity index (χ2v) is 8.37. The minimum atomic E-state index is -3.19. The van der Waals surface area contributed by atoms with Crippen molar-refractivity contribution in [2.24, 2.45) is 17.8 Å². The van der Waals surface area contributed by atoms with Gasteiger partial charge in [-0.15, -0.1) is 0 Å². The maximum absolute atomic E-state index is 14.1. The van der Waals surface area contributed by atoms with Gasteiger partial charge in [-0.05, 0) is 25.2 Å². The number of rotatable bonds is 7. The van der Waals surface area contributed by atoms with Gasteiger partial charge in [0.15, 0.2) is 6.29 Å². The van der Waals surface area contributed by atoms with E-state index < -0.39 is 12.0 Å². The van der Waals surface area contributed by atoms with Gasteiger partial charge in [0.25, 0.3) is 5.92 Å². The molecule has 3 rings (SSSR count). The van der Waals surface area contributed by atoms with Crippen LogP contribution in [0.4, 0.5) is 8.78 Å². The molecule has 2 heterocycles. The Hall–Kier alpha value is -1.05. The van der Waals surface area contributed by atoms with Gasteiger partial charge in [0.2, 0.25) is 0 Å². The molecular weight excluding hydrogens is 358 g/mol. The number of hydrogen-bond acceptors (Lipinski definition) is 5. The summed E-state index contributed by atoms with van der Waals surface area (Å²) in [6, 6.07) is 0. The van der Waals surface area contributed by atoms with Crippen LogP contribution in [0.3, 0.4) is 0 Å². The van der Waals surface area contributed by atoms with E-state index in [0.29, 0.717) is 13.0 Å². The molecule has 3 aliphatic rings. The van der Waals surface area contributed by atoms with Gasteiger partial charge in [-0.3, -0.25) is 4.79 Å². The van der Waals surface area contributed by atoms with Crippen molar-refractivity contribution in [3.05, 3.63) is 12.2 Å². The molecule has 7 heteroatoms. The van der Waals surface area contributed by atoms with E-state index in [1.165, 1.54) is 0 Å². The molecule has 2 aliphatic heterocycles. The highest BCUT2D eigenvalue weighted by molar-refractivity contribution is 5.72. The predicted octanol–water partition coefficient (Wildman–Crippen LogP) is 3.45. The maximum Gasteiger partial charge on any atom is 0.306 e. The van der Waals surface area contributed by atoms with Crippen LogP contribution in [0.2, 0.25) is 0 Å². The van der Waals surface area contributed by atoms with Crippen LogP contribution >= 0.6 is 0 Å². The standard InChI is InChI=1S/C20H30F2O5/c1-12(2)11-20(21,22)17(23)7-6-13-14-9-18(24)26-16(14)10-15(13)27-19-5-3-4-8-25-19/h6-7,12-17,19,23H,3-5,8-11H2,1-2H3/b7-6+/t13-,14-,15-,16+,17?,19?/m1/s1. The van der Waals surface area contributed by atoms with E-state index in [0.717, 1.165) is 25.3 Å². The smallest absolute Gasteiger partial charge is 0.306 e. The molecule has 2 unspecified atom stereocenters. The van der Waals surface area contributed by atoms with Crippen LogP contribution in [-0.4, -0.2) is 48.2 Å². The number of fused-ring (bicyclic) bond motifs is 1. The molecule has 154 valence electrons. The fourth-order valence-corrected chi connectivity index (χ4v) is 4.36. The van der Waals surface area contributed by atoms with Gasteiger partial charge < -0.3 is 19.3 Å². The highest BCUT2D eigenvalue weighted by Crippen LogP contribution is 2.44. The van der Waals surface area contributed by atoms with Gasteiger partial charge in [0, 0.05) is 31.3 Å². The minimum Gasteiger partial charge on any atom is -0.462 e. The molecule has 0 aromatic heterocycles. The van der Waals surface area contributed by atoms with Crippen LogP contribution in [0.25, 0.3) is 0 Å². The first-order valence-corrected chi connectivity index (χ1v) is 9.97. The number of ether oxygens (including phenoxy) is 3. The molecule has 1 saturated carbocycles. The van der Waals surface area contributed by atoms with Crippen molar-refractivity contribution in [2.45, 2.75) is 82.9 Å². The fourth-order valence-electron chi connectivity index (χ4n) is 4.36. The summed E-state index contributed by atoms with van der Waals surface area (Å²) in [7, 11) is 0. The molecule has 5 nitrogen and oxygen atoms in total. The monoisotopic (exact) mass is 388 g/mol. The Morgan fingerprint density at radius 2 is 2.15 bits per heavy atom. The number of alkyl halides is 2. The topological polar surface area (TPSA) is 65.0 Å². The molecule has 0 aromatic carbocycles. The number of halogens is 2. The number of carbonyl (C=O) groups excluding carboxylic acids is 1. The van der Waals surface area contributed by atoms with Crippen LogP contribution in [0.1, 0.15) is 52.4 Å². The van der Waals surface area contributed by atoms with Gasteiger partial charge in [0.1, 0.15) is 12.2 Å². The molecule has 6 atom stereocenters. The van der Waals surface area contributed by atoms with Gasteiger partial charge in [-0.25, -0.2) is 8.78 Å². The van der Waals surface area contributed by atoms with Crippen LogP contribution in [0.5, 0.6) is 0 Å². The molecule has 0 bridgehead atoms. The first-order chi connectivity index (χ1) is 12.8. The lowest BCUT2D eigenvalue weighted by Gasteiger charge is -2.29. The van der Waals surface area contributed by atoms with E-state index in [4.69, 9.17) is 14.2 Å². The summed E-state index contributed by atoms with van der Waals surface area (Å²) in [5.41, 5.74) is 0. The Labute approximate surface area is 159 Å². The summed E-state index contributed by atoms with van der Waals surface area (Å²) in [5.74, 6) is -4.03. The van der Waals surface area contributed by atoms with Crippen LogP contribution in [0.15, 0.2) is 12.2 Å². The predicted molar refractivity (Wildman–Crippen MR) is 94.1 cm³/mol. The Kier molecular flexibility index (Phi) is 6.54. The first-order valence-electron chi connectivity index (χ1n) is 9.97. The molecule has 3 fully saturated rings. The average Bonchev–Trinajstić information content (AvgIpc) is 3.08. The van der Waals surface area contributed by atoms with Gasteiger partial charge in [-0.1, -0.05) is 26.0 Å². The number of esters is 1. The van der Waals surface area contributed by atoms with Crippen molar-refractivity contribution in [3.8, 4) is 0 Å². The van der Waals surface area contributed by atoms with Crippen molar-refractivity contribution in [3.63, 3.8) is 0 Å². The molecule has 0 aromatic rings. The van der Waals surface area contributed by atoms with Crippen molar-refractivity contribution in [1.82, 2.24) is 0 Å². The van der Waals surface area contributed by atoms with Crippen molar-refractivity contribution in [2.75, 3.05) is 6.61 Å². The van der Waals surface area contributed by atoms with Gasteiger partial charge in [0.05, 0.1) is 12.5 Å². The maximum atomic E-state index is 14.1. The number of aliphatic hydroxyl groups excluding tert-OH is 1. The molecule has 1 aliphatic carbocycles. The average molecular weight is 388 g/mol. The normalized spacial score (nSPS) is 35.6. The Morgan fingerprint density at radius 1 is 1.37 bits per heavy atom. The summed E-state index contributed by atoms with van der Waals surface area (Å²) < 4.78 is 45.3. The van der Waals surface area contributed by atoms with Gasteiger partial charge >= 0.3 is 5.97 Å². The molecule has 2 saturated heterocycles. The first kappa shape index (κ1) is 20.7. The third-order valence-electron chi connectivity index (χ3n) is 5.64. The summed E-state index contributed by atoms with van der Waals surface area (Å²) >= 11 is 0. The van der Waals surface area contributed by atoms with Crippen molar-refractivity contribution < 1.29 is 32.9 Å². The highest BCUT2D eigenvalue weighted by Gasteiger charge is 2.50. The molecule has 0 radical (unpaired) electrons. The quantitative estimate of drug-likeness (QED) is 0.535. The van der Waals surface area contributed by atoms with E-state index in [1.807, 2.05) is 0 Å². The summed E-state index contributed by atoms with van der Waals surface area (Å²) in [5, 5.41) is 9.99. The van der Waals surface area contributed by atoms with E-state index in [2.05, 4.69) is 0 Å². The second-order valence-electron chi connectivity index (χ2n) is 8.37. The zero-order valence-electron chi connectivity index (χ0n) is 16.0. The van der Waals surface area contributed by atoms with Crippen LogP contribution < -0.4 is 0 Å². The number of aliphatic hydroxyl groups is 1. The molecule has 0 spiro atoms. The van der Waals surface area contributed by atoms with E-state index in [1.54, 1.807) is 19.9 Å².